The van der Waals surface area contributed by atoms with Gasteiger partial charge in [-0.25, -0.2) is 0 Å². The fourth-order valence-electron chi connectivity index (χ4n) is 3.52. The maximum Gasteiger partial charge on any atom is 0.254 e. The van der Waals surface area contributed by atoms with Gasteiger partial charge in [0.2, 0.25) is 0 Å². The number of hydrogen-bond acceptors (Lipinski definition) is 3. The Morgan fingerprint density at radius 1 is 1.15 bits per heavy atom. The molecule has 0 unspecified atom stereocenters. The molecule has 0 radical (unpaired) electrons. The van der Waals surface area contributed by atoms with Crippen LogP contribution in [0.5, 0.6) is 0 Å². The van der Waals surface area contributed by atoms with Crippen molar-refractivity contribution in [3.8, 4) is 0 Å². The van der Waals surface area contributed by atoms with Crippen LogP contribution in [0.3, 0.4) is 0 Å². The third-order valence-corrected chi connectivity index (χ3v) is 4.81. The number of nitrogens with zero attached hydrogens (tertiary/aromatic N) is 3. The summed E-state index contributed by atoms with van der Waals surface area (Å²) in [5.74, 6) is 0.0422. The minimum atomic E-state index is 0.0339. The molecule has 5 heteroatoms. The molecule has 3 aromatic rings. The monoisotopic (exact) mass is 347 g/mol. The highest BCUT2D eigenvalue weighted by atomic mass is 16.5. The summed E-state index contributed by atoms with van der Waals surface area (Å²) in [6.07, 6.45) is 3.73. The topological polar surface area (TPSA) is 47.4 Å². The molecule has 2 aromatic carbocycles. The molecule has 1 aliphatic rings. The van der Waals surface area contributed by atoms with Crippen LogP contribution in [0.2, 0.25) is 0 Å². The Hall–Kier alpha value is -2.92. The van der Waals surface area contributed by atoms with Gasteiger partial charge in [0.05, 0.1) is 12.6 Å². The van der Waals surface area contributed by atoms with Gasteiger partial charge in [-0.15, -0.1) is 0 Å². The average molecular weight is 347 g/mol. The summed E-state index contributed by atoms with van der Waals surface area (Å²) in [4.78, 5) is 15.0. The number of methoxy groups -OCH3 is 1. The number of carbonyl (C=O) groups excluding carboxylic acids is 1. The zero-order valence-electron chi connectivity index (χ0n) is 14.7. The van der Waals surface area contributed by atoms with Gasteiger partial charge in [-0.3, -0.25) is 9.48 Å². The molecule has 0 aliphatic carbocycles. The fourth-order valence-corrected chi connectivity index (χ4v) is 3.52. The van der Waals surface area contributed by atoms with E-state index in [0.29, 0.717) is 25.3 Å². The second kappa shape index (κ2) is 7.14. The van der Waals surface area contributed by atoms with Crippen LogP contribution in [0.25, 0.3) is 0 Å². The summed E-state index contributed by atoms with van der Waals surface area (Å²) in [5, 5.41) is 4.40. The lowest BCUT2D eigenvalue weighted by Crippen LogP contribution is -2.40. The Kier molecular flexibility index (Phi) is 4.54. The molecule has 1 atom stereocenters. The van der Waals surface area contributed by atoms with Crippen molar-refractivity contribution in [3.05, 3.63) is 89.2 Å². The molecule has 2 heterocycles. The first-order valence-corrected chi connectivity index (χ1v) is 8.70. The van der Waals surface area contributed by atoms with Crippen molar-refractivity contribution in [2.24, 2.45) is 0 Å². The largest absolute Gasteiger partial charge is 0.380 e. The van der Waals surface area contributed by atoms with E-state index in [9.17, 15) is 4.79 Å². The SMILES string of the molecule is COCc1ccc(C(=O)N2Cc3ccccc3[C@@H](n3cccn3)C2)cc1. The molecular formula is C21H21N3O2. The van der Waals surface area contributed by atoms with Gasteiger partial charge in [0.1, 0.15) is 0 Å². The molecule has 0 saturated carbocycles. The molecule has 26 heavy (non-hydrogen) atoms. The molecule has 1 aliphatic heterocycles. The van der Waals surface area contributed by atoms with Gasteiger partial charge in [0, 0.05) is 38.2 Å². The molecule has 132 valence electrons. The number of fused-ring (bicyclic) bond motifs is 1. The van der Waals surface area contributed by atoms with Crippen LogP contribution in [0.1, 0.15) is 33.1 Å². The van der Waals surface area contributed by atoms with Gasteiger partial charge < -0.3 is 9.64 Å². The third-order valence-electron chi connectivity index (χ3n) is 4.81. The van der Waals surface area contributed by atoms with E-state index < -0.39 is 0 Å². The van der Waals surface area contributed by atoms with Crippen LogP contribution in [0.15, 0.2) is 67.0 Å². The first-order chi connectivity index (χ1) is 12.8. The van der Waals surface area contributed by atoms with E-state index in [1.165, 1.54) is 11.1 Å². The van der Waals surface area contributed by atoms with Crippen molar-refractivity contribution in [1.82, 2.24) is 14.7 Å². The summed E-state index contributed by atoms with van der Waals surface area (Å²) in [7, 11) is 1.67. The van der Waals surface area contributed by atoms with Crippen molar-refractivity contribution in [3.63, 3.8) is 0 Å². The van der Waals surface area contributed by atoms with Gasteiger partial charge in [0.25, 0.3) is 5.91 Å². The Morgan fingerprint density at radius 3 is 2.69 bits per heavy atom. The second-order valence-electron chi connectivity index (χ2n) is 6.52. The molecule has 4 rings (SSSR count). The molecule has 1 aromatic heterocycles. The van der Waals surface area contributed by atoms with Crippen molar-refractivity contribution in [2.75, 3.05) is 13.7 Å². The predicted molar refractivity (Wildman–Crippen MR) is 98.7 cm³/mol. The maximum atomic E-state index is 13.1. The molecule has 1 amide bonds. The number of aromatic nitrogens is 2. The molecule has 0 saturated heterocycles. The van der Waals surface area contributed by atoms with Crippen LogP contribution in [0, 0.1) is 0 Å². The van der Waals surface area contributed by atoms with E-state index >= 15 is 0 Å². The van der Waals surface area contributed by atoms with E-state index in [4.69, 9.17) is 4.74 Å². The summed E-state index contributed by atoms with van der Waals surface area (Å²) in [6.45, 7) is 1.77. The Morgan fingerprint density at radius 2 is 1.96 bits per heavy atom. The van der Waals surface area contributed by atoms with Crippen molar-refractivity contribution in [1.29, 1.82) is 0 Å². The summed E-state index contributed by atoms with van der Waals surface area (Å²) < 4.78 is 7.06. The third kappa shape index (κ3) is 3.13. The van der Waals surface area contributed by atoms with E-state index in [-0.39, 0.29) is 11.9 Å². The van der Waals surface area contributed by atoms with E-state index in [0.717, 1.165) is 5.56 Å². The molecule has 5 nitrogen and oxygen atoms in total. The van der Waals surface area contributed by atoms with Crippen molar-refractivity contribution < 1.29 is 9.53 Å². The first kappa shape index (κ1) is 16.5. The van der Waals surface area contributed by atoms with Crippen LogP contribution in [-0.2, 0) is 17.9 Å². The van der Waals surface area contributed by atoms with Crippen LogP contribution >= 0.6 is 0 Å². The maximum absolute atomic E-state index is 13.1. The van der Waals surface area contributed by atoms with Gasteiger partial charge in [-0.1, -0.05) is 36.4 Å². The first-order valence-electron chi connectivity index (χ1n) is 8.70. The molecule has 0 spiro atoms. The van der Waals surface area contributed by atoms with Gasteiger partial charge in [-0.05, 0) is 34.9 Å². The number of ether oxygens (including phenoxy) is 1. The standard InChI is InChI=1S/C21H21N3O2/c1-26-15-16-7-9-17(10-8-16)21(25)23-13-18-5-2-3-6-19(18)20(14-23)24-12-4-11-22-24/h2-12,20H,13-15H2,1H3/t20-/m0/s1. The van der Waals surface area contributed by atoms with Gasteiger partial charge >= 0.3 is 0 Å². The van der Waals surface area contributed by atoms with Crippen LogP contribution < -0.4 is 0 Å². The van der Waals surface area contributed by atoms with Gasteiger partial charge in [0.15, 0.2) is 0 Å². The zero-order chi connectivity index (χ0) is 17.9. The zero-order valence-corrected chi connectivity index (χ0v) is 14.7. The summed E-state index contributed by atoms with van der Waals surface area (Å²) >= 11 is 0. The number of benzene rings is 2. The lowest BCUT2D eigenvalue weighted by atomic mass is 9.95. The predicted octanol–water partition coefficient (Wildman–Crippen LogP) is 3.27. The molecule has 0 bridgehead atoms. The second-order valence-corrected chi connectivity index (χ2v) is 6.52. The Balaban J connectivity index is 1.62. The highest BCUT2D eigenvalue weighted by Crippen LogP contribution is 2.30. The van der Waals surface area contributed by atoms with E-state index in [1.54, 1.807) is 13.3 Å². The number of amides is 1. The summed E-state index contributed by atoms with van der Waals surface area (Å²) in [6, 6.07) is 17.9. The summed E-state index contributed by atoms with van der Waals surface area (Å²) in [5.41, 5.74) is 4.16. The van der Waals surface area contributed by atoms with Crippen molar-refractivity contribution in [2.45, 2.75) is 19.2 Å². The number of rotatable bonds is 4. The highest BCUT2D eigenvalue weighted by Gasteiger charge is 2.29. The van der Waals surface area contributed by atoms with Crippen molar-refractivity contribution >= 4 is 5.91 Å². The molecule has 0 fully saturated rings. The lowest BCUT2D eigenvalue weighted by molar-refractivity contribution is 0.0706. The average Bonchev–Trinajstić information content (AvgIpc) is 3.22. The Labute approximate surface area is 152 Å². The van der Waals surface area contributed by atoms with Crippen LogP contribution in [-0.4, -0.2) is 34.2 Å². The van der Waals surface area contributed by atoms with E-state index in [2.05, 4.69) is 17.2 Å². The minimum Gasteiger partial charge on any atom is -0.380 e. The smallest absolute Gasteiger partial charge is 0.254 e. The Bertz CT molecular complexity index is 888. The highest BCUT2D eigenvalue weighted by molar-refractivity contribution is 5.94. The lowest BCUT2D eigenvalue weighted by Gasteiger charge is -2.35. The number of hydrogen-bond donors (Lipinski definition) is 0. The van der Waals surface area contributed by atoms with Gasteiger partial charge in [-0.2, -0.15) is 5.10 Å². The quantitative estimate of drug-likeness (QED) is 0.728. The number of carbonyl (C=O) groups is 1. The minimum absolute atomic E-state index is 0.0339. The fraction of sp³-hybridized carbons (Fsp3) is 0.238. The van der Waals surface area contributed by atoms with Crippen LogP contribution in [0.4, 0.5) is 0 Å². The normalized spacial score (nSPS) is 16.3. The van der Waals surface area contributed by atoms with E-state index in [1.807, 2.05) is 58.2 Å². The molecule has 0 N–H and O–H groups in total. The molecular weight excluding hydrogens is 326 g/mol.